The molecule has 0 saturated heterocycles. The highest BCUT2D eigenvalue weighted by atomic mass is 35.5. The second-order valence-corrected chi connectivity index (χ2v) is 4.99. The zero-order valence-electron chi connectivity index (χ0n) is 10.3. The summed E-state index contributed by atoms with van der Waals surface area (Å²) in [5.41, 5.74) is 5.15. The van der Waals surface area contributed by atoms with Crippen LogP contribution in [-0.4, -0.2) is 0 Å². The van der Waals surface area contributed by atoms with Crippen LogP contribution in [0.3, 0.4) is 0 Å². The Labute approximate surface area is 108 Å². The third kappa shape index (κ3) is 3.34. The minimum Gasteiger partial charge on any atom is -0.0840 e. The van der Waals surface area contributed by atoms with E-state index in [1.54, 1.807) is 0 Å². The van der Waals surface area contributed by atoms with Crippen LogP contribution in [0.2, 0.25) is 5.02 Å². The molecular formula is C16H17Cl. The largest absolute Gasteiger partial charge is 0.0840 e. The van der Waals surface area contributed by atoms with Gasteiger partial charge in [-0.1, -0.05) is 53.6 Å². The van der Waals surface area contributed by atoms with Gasteiger partial charge < -0.3 is 0 Å². The third-order valence-corrected chi connectivity index (χ3v) is 3.33. The van der Waals surface area contributed by atoms with Crippen molar-refractivity contribution in [3.63, 3.8) is 0 Å². The van der Waals surface area contributed by atoms with Crippen LogP contribution < -0.4 is 0 Å². The molecule has 17 heavy (non-hydrogen) atoms. The molecule has 0 unspecified atom stereocenters. The smallest absolute Gasteiger partial charge is 0.0440 e. The van der Waals surface area contributed by atoms with Crippen LogP contribution in [0.4, 0.5) is 0 Å². The van der Waals surface area contributed by atoms with Crippen molar-refractivity contribution in [3.8, 4) is 0 Å². The molecule has 0 saturated carbocycles. The summed E-state index contributed by atoms with van der Waals surface area (Å²) < 4.78 is 0. The van der Waals surface area contributed by atoms with Gasteiger partial charge in [-0.25, -0.2) is 0 Å². The van der Waals surface area contributed by atoms with Gasteiger partial charge >= 0.3 is 0 Å². The molecule has 0 heterocycles. The van der Waals surface area contributed by atoms with E-state index in [1.807, 2.05) is 6.07 Å². The number of halogens is 1. The van der Waals surface area contributed by atoms with E-state index < -0.39 is 0 Å². The van der Waals surface area contributed by atoms with Crippen molar-refractivity contribution in [2.24, 2.45) is 0 Å². The monoisotopic (exact) mass is 244 g/mol. The average Bonchev–Trinajstić information content (AvgIpc) is 2.28. The van der Waals surface area contributed by atoms with Crippen LogP contribution in [0.5, 0.6) is 0 Å². The molecule has 0 aliphatic carbocycles. The van der Waals surface area contributed by atoms with Gasteiger partial charge in [-0.15, -0.1) is 0 Å². The topological polar surface area (TPSA) is 0 Å². The molecule has 2 aromatic rings. The SMILES string of the molecule is Cc1cccc(CCc2ccc(C)cc2Cl)c1. The normalized spacial score (nSPS) is 10.5. The summed E-state index contributed by atoms with van der Waals surface area (Å²) in [6.45, 7) is 4.19. The summed E-state index contributed by atoms with van der Waals surface area (Å²) in [7, 11) is 0. The lowest BCUT2D eigenvalue weighted by atomic mass is 10.0. The molecular weight excluding hydrogens is 228 g/mol. The fourth-order valence-corrected chi connectivity index (χ4v) is 2.33. The van der Waals surface area contributed by atoms with E-state index in [0.29, 0.717) is 0 Å². The van der Waals surface area contributed by atoms with Gasteiger partial charge in [0.2, 0.25) is 0 Å². The predicted molar refractivity (Wildman–Crippen MR) is 74.8 cm³/mol. The first-order chi connectivity index (χ1) is 8.15. The summed E-state index contributed by atoms with van der Waals surface area (Å²) in [5.74, 6) is 0. The standard InChI is InChI=1S/C16H17Cl/c1-12-4-3-5-14(10-12)7-9-15-8-6-13(2)11-16(15)17/h3-6,8,10-11H,7,9H2,1-2H3. The first-order valence-corrected chi connectivity index (χ1v) is 6.33. The highest BCUT2D eigenvalue weighted by Gasteiger charge is 2.01. The number of hydrogen-bond donors (Lipinski definition) is 0. The predicted octanol–water partition coefficient (Wildman–Crippen LogP) is 4.74. The molecule has 0 N–H and O–H groups in total. The minimum absolute atomic E-state index is 0.887. The number of aryl methyl sites for hydroxylation is 4. The lowest BCUT2D eigenvalue weighted by Crippen LogP contribution is -1.93. The summed E-state index contributed by atoms with van der Waals surface area (Å²) in [5, 5.41) is 0.887. The van der Waals surface area contributed by atoms with Gasteiger partial charge in [0.15, 0.2) is 0 Å². The van der Waals surface area contributed by atoms with E-state index in [1.165, 1.54) is 22.3 Å². The Hall–Kier alpha value is -1.27. The van der Waals surface area contributed by atoms with Gasteiger partial charge in [-0.2, -0.15) is 0 Å². The Kier molecular flexibility index (Phi) is 3.86. The van der Waals surface area contributed by atoms with E-state index in [-0.39, 0.29) is 0 Å². The highest BCUT2D eigenvalue weighted by molar-refractivity contribution is 6.31. The van der Waals surface area contributed by atoms with Crippen molar-refractivity contribution in [2.45, 2.75) is 26.7 Å². The second kappa shape index (κ2) is 5.37. The third-order valence-electron chi connectivity index (χ3n) is 2.97. The molecule has 0 atom stereocenters. The van der Waals surface area contributed by atoms with Gasteiger partial charge in [0.05, 0.1) is 0 Å². The molecule has 0 aliphatic heterocycles. The maximum absolute atomic E-state index is 6.23. The van der Waals surface area contributed by atoms with Gasteiger partial charge in [0, 0.05) is 5.02 Å². The van der Waals surface area contributed by atoms with Crippen molar-refractivity contribution < 1.29 is 0 Å². The Morgan fingerprint density at radius 1 is 0.882 bits per heavy atom. The summed E-state index contributed by atoms with van der Waals surface area (Å²) in [4.78, 5) is 0. The molecule has 0 amide bonds. The first-order valence-electron chi connectivity index (χ1n) is 5.96. The fraction of sp³-hybridized carbons (Fsp3) is 0.250. The molecule has 0 aliphatic rings. The van der Waals surface area contributed by atoms with E-state index in [2.05, 4.69) is 50.2 Å². The Balaban J connectivity index is 2.07. The Bertz CT molecular complexity index is 515. The molecule has 0 spiro atoms. The van der Waals surface area contributed by atoms with Crippen molar-refractivity contribution in [2.75, 3.05) is 0 Å². The molecule has 0 nitrogen and oxygen atoms in total. The second-order valence-electron chi connectivity index (χ2n) is 4.58. The zero-order chi connectivity index (χ0) is 12.3. The van der Waals surface area contributed by atoms with Crippen LogP contribution in [0.25, 0.3) is 0 Å². The molecule has 0 radical (unpaired) electrons. The van der Waals surface area contributed by atoms with Gasteiger partial charge in [-0.3, -0.25) is 0 Å². The van der Waals surface area contributed by atoms with E-state index in [9.17, 15) is 0 Å². The van der Waals surface area contributed by atoms with Crippen molar-refractivity contribution in [1.29, 1.82) is 0 Å². The molecule has 2 rings (SSSR count). The minimum atomic E-state index is 0.887. The maximum Gasteiger partial charge on any atom is 0.0440 e. The van der Waals surface area contributed by atoms with Crippen LogP contribution in [-0.2, 0) is 12.8 Å². The molecule has 1 heteroatoms. The quantitative estimate of drug-likeness (QED) is 0.732. The molecule has 2 aromatic carbocycles. The lowest BCUT2D eigenvalue weighted by molar-refractivity contribution is 0.957. The number of benzene rings is 2. The van der Waals surface area contributed by atoms with E-state index >= 15 is 0 Å². The number of hydrogen-bond acceptors (Lipinski definition) is 0. The fourth-order valence-electron chi connectivity index (χ4n) is 2.00. The Morgan fingerprint density at radius 3 is 2.35 bits per heavy atom. The first kappa shape index (κ1) is 12.2. The highest BCUT2D eigenvalue weighted by Crippen LogP contribution is 2.19. The summed E-state index contributed by atoms with van der Waals surface area (Å²) in [6, 6.07) is 14.9. The summed E-state index contributed by atoms with van der Waals surface area (Å²) in [6.07, 6.45) is 2.05. The molecule has 0 fully saturated rings. The zero-order valence-corrected chi connectivity index (χ0v) is 11.1. The number of rotatable bonds is 3. The maximum atomic E-state index is 6.23. The van der Waals surface area contributed by atoms with Gasteiger partial charge in [0.1, 0.15) is 0 Å². The van der Waals surface area contributed by atoms with Crippen molar-refractivity contribution in [3.05, 3.63) is 69.7 Å². The summed E-state index contributed by atoms with van der Waals surface area (Å²) >= 11 is 6.23. The van der Waals surface area contributed by atoms with Gasteiger partial charge in [-0.05, 0) is 49.4 Å². The van der Waals surface area contributed by atoms with E-state index in [0.717, 1.165) is 17.9 Å². The van der Waals surface area contributed by atoms with Crippen LogP contribution in [0.15, 0.2) is 42.5 Å². The van der Waals surface area contributed by atoms with Crippen LogP contribution >= 0.6 is 11.6 Å². The van der Waals surface area contributed by atoms with Crippen molar-refractivity contribution >= 4 is 11.6 Å². The van der Waals surface area contributed by atoms with Crippen LogP contribution in [0.1, 0.15) is 22.3 Å². The average molecular weight is 245 g/mol. The molecule has 0 aromatic heterocycles. The molecule has 88 valence electrons. The lowest BCUT2D eigenvalue weighted by Gasteiger charge is -2.06. The molecule has 0 bridgehead atoms. The van der Waals surface area contributed by atoms with Crippen molar-refractivity contribution in [1.82, 2.24) is 0 Å². The van der Waals surface area contributed by atoms with Crippen LogP contribution in [0, 0.1) is 13.8 Å². The van der Waals surface area contributed by atoms with Gasteiger partial charge in [0.25, 0.3) is 0 Å². The van der Waals surface area contributed by atoms with E-state index in [4.69, 9.17) is 11.6 Å². The Morgan fingerprint density at radius 2 is 1.65 bits per heavy atom.